The van der Waals surface area contributed by atoms with Gasteiger partial charge in [-0.2, -0.15) is 0 Å². The van der Waals surface area contributed by atoms with Gasteiger partial charge in [-0.05, 0) is 48.7 Å². The van der Waals surface area contributed by atoms with Crippen LogP contribution in [-0.2, 0) is 6.42 Å². The fourth-order valence-electron chi connectivity index (χ4n) is 3.07. The van der Waals surface area contributed by atoms with Crippen LogP contribution < -0.4 is 10.2 Å². The van der Waals surface area contributed by atoms with E-state index in [2.05, 4.69) is 21.4 Å². The third-order valence-electron chi connectivity index (χ3n) is 4.35. The first kappa shape index (κ1) is 16.5. The number of amides is 1. The van der Waals surface area contributed by atoms with Crippen LogP contribution in [0.1, 0.15) is 22.3 Å². The number of hydrogen-bond donors (Lipinski definition) is 1. The monoisotopic (exact) mass is 364 g/mol. The van der Waals surface area contributed by atoms with E-state index in [4.69, 9.17) is 11.6 Å². The second-order valence-electron chi connectivity index (χ2n) is 6.12. The van der Waals surface area contributed by atoms with Gasteiger partial charge in [0.25, 0.3) is 5.91 Å². The highest BCUT2D eigenvalue weighted by Gasteiger charge is 2.23. The van der Waals surface area contributed by atoms with Crippen LogP contribution in [0.25, 0.3) is 0 Å². The van der Waals surface area contributed by atoms with Crippen molar-refractivity contribution in [2.45, 2.75) is 12.8 Å². The molecule has 130 valence electrons. The number of aromatic nitrogens is 2. The molecule has 1 amide bonds. The third kappa shape index (κ3) is 3.39. The Morgan fingerprint density at radius 1 is 1.04 bits per heavy atom. The summed E-state index contributed by atoms with van der Waals surface area (Å²) in [6.45, 7) is 0.709. The lowest BCUT2D eigenvalue weighted by molar-refractivity contribution is 0.0984. The molecule has 0 saturated carbocycles. The average Bonchev–Trinajstić information content (AvgIpc) is 2.69. The molecule has 0 unspecified atom stereocenters. The number of nitrogens with zero attached hydrogens (tertiary/aromatic N) is 3. The first-order valence-corrected chi connectivity index (χ1v) is 8.83. The smallest absolute Gasteiger partial charge is 0.261 e. The maximum atomic E-state index is 12.9. The van der Waals surface area contributed by atoms with E-state index in [1.54, 1.807) is 24.5 Å². The quantitative estimate of drug-likeness (QED) is 0.745. The van der Waals surface area contributed by atoms with Gasteiger partial charge in [-0.15, -0.1) is 0 Å². The molecule has 0 atom stereocenters. The number of carbonyl (C=O) groups excluding carboxylic acids is 1. The minimum Gasteiger partial charge on any atom is -0.324 e. The second-order valence-corrected chi connectivity index (χ2v) is 6.55. The van der Waals surface area contributed by atoms with Gasteiger partial charge in [0.2, 0.25) is 5.95 Å². The Morgan fingerprint density at radius 2 is 1.77 bits per heavy atom. The largest absolute Gasteiger partial charge is 0.324 e. The molecule has 3 aromatic rings. The Balaban J connectivity index is 1.52. The van der Waals surface area contributed by atoms with Crippen molar-refractivity contribution in [2.75, 3.05) is 16.8 Å². The highest BCUT2D eigenvalue weighted by Crippen LogP contribution is 2.28. The van der Waals surface area contributed by atoms with E-state index in [0.717, 1.165) is 24.2 Å². The van der Waals surface area contributed by atoms with E-state index >= 15 is 0 Å². The van der Waals surface area contributed by atoms with Crippen LogP contribution in [0.3, 0.4) is 0 Å². The van der Waals surface area contributed by atoms with E-state index in [-0.39, 0.29) is 5.91 Å². The van der Waals surface area contributed by atoms with Crippen molar-refractivity contribution in [3.05, 3.63) is 77.1 Å². The molecule has 5 nitrogen and oxygen atoms in total. The summed E-state index contributed by atoms with van der Waals surface area (Å²) in [7, 11) is 0. The van der Waals surface area contributed by atoms with Gasteiger partial charge in [-0.25, -0.2) is 9.97 Å². The number of halogens is 1. The molecule has 1 N–H and O–H groups in total. The highest BCUT2D eigenvalue weighted by atomic mass is 35.5. The molecule has 26 heavy (non-hydrogen) atoms. The van der Waals surface area contributed by atoms with Gasteiger partial charge >= 0.3 is 0 Å². The number of aryl methyl sites for hydroxylation is 1. The number of fused-ring (bicyclic) bond motifs is 1. The molecule has 4 rings (SSSR count). The van der Waals surface area contributed by atoms with Crippen LogP contribution in [-0.4, -0.2) is 22.4 Å². The van der Waals surface area contributed by atoms with Crippen LogP contribution >= 0.6 is 11.6 Å². The topological polar surface area (TPSA) is 58.1 Å². The Kier molecular flexibility index (Phi) is 4.54. The van der Waals surface area contributed by atoms with E-state index in [9.17, 15) is 4.79 Å². The molecule has 0 radical (unpaired) electrons. The molecule has 0 aliphatic carbocycles. The van der Waals surface area contributed by atoms with E-state index in [1.807, 2.05) is 35.2 Å². The first-order valence-electron chi connectivity index (χ1n) is 8.45. The van der Waals surface area contributed by atoms with Crippen molar-refractivity contribution < 1.29 is 4.79 Å². The number of anilines is 3. The zero-order chi connectivity index (χ0) is 17.9. The minimum absolute atomic E-state index is 0.0739. The molecule has 1 aliphatic heterocycles. The van der Waals surface area contributed by atoms with Crippen LogP contribution in [0.4, 0.5) is 17.3 Å². The fourth-order valence-corrected chi connectivity index (χ4v) is 3.19. The predicted molar refractivity (Wildman–Crippen MR) is 103 cm³/mol. The van der Waals surface area contributed by atoms with Gasteiger partial charge < -0.3 is 10.2 Å². The molecule has 1 aliphatic rings. The highest BCUT2D eigenvalue weighted by molar-refractivity contribution is 6.30. The van der Waals surface area contributed by atoms with Gasteiger partial charge in [-0.3, -0.25) is 4.79 Å². The SMILES string of the molecule is O=C(c1cnc(Nc2ccc(Cl)cc2)nc1)N1CCCc2ccccc21. The van der Waals surface area contributed by atoms with Crippen LogP contribution in [0.2, 0.25) is 5.02 Å². The molecule has 0 spiro atoms. The first-order chi connectivity index (χ1) is 12.7. The molecular weight excluding hydrogens is 348 g/mol. The van der Waals surface area contributed by atoms with Gasteiger partial charge in [0, 0.05) is 35.3 Å². The summed E-state index contributed by atoms with van der Waals surface area (Å²) in [5.74, 6) is 0.359. The van der Waals surface area contributed by atoms with Crippen molar-refractivity contribution in [1.82, 2.24) is 9.97 Å². The standard InChI is InChI=1S/C20H17ClN4O/c21-16-7-9-17(10-8-16)24-20-22-12-15(13-23-20)19(26)25-11-3-5-14-4-1-2-6-18(14)25/h1-2,4,6-10,12-13H,3,5,11H2,(H,22,23,24). The van der Waals surface area contributed by atoms with E-state index < -0.39 is 0 Å². The lowest BCUT2D eigenvalue weighted by atomic mass is 10.0. The summed E-state index contributed by atoms with van der Waals surface area (Å²) >= 11 is 5.88. The number of benzene rings is 2. The average molecular weight is 365 g/mol. The summed E-state index contributed by atoms with van der Waals surface area (Å²) < 4.78 is 0. The van der Waals surface area contributed by atoms with Crippen LogP contribution in [0.5, 0.6) is 0 Å². The summed E-state index contributed by atoms with van der Waals surface area (Å²) in [6, 6.07) is 15.3. The summed E-state index contributed by atoms with van der Waals surface area (Å²) in [4.78, 5) is 23.2. The molecule has 1 aromatic heterocycles. The van der Waals surface area contributed by atoms with Gasteiger partial charge in [0.05, 0.1) is 5.56 Å². The molecule has 0 saturated heterocycles. The molecule has 2 heterocycles. The number of nitrogens with one attached hydrogen (secondary N) is 1. The Bertz CT molecular complexity index is 925. The Hall–Kier alpha value is -2.92. The van der Waals surface area contributed by atoms with Crippen molar-refractivity contribution in [3.63, 3.8) is 0 Å². The predicted octanol–water partition coefficient (Wildman–Crippen LogP) is 4.47. The van der Waals surface area contributed by atoms with E-state index in [1.165, 1.54) is 5.56 Å². The molecule has 6 heteroatoms. The summed E-state index contributed by atoms with van der Waals surface area (Å²) in [6.07, 6.45) is 5.08. The summed E-state index contributed by atoms with van der Waals surface area (Å²) in [5.41, 5.74) is 3.49. The third-order valence-corrected chi connectivity index (χ3v) is 4.61. The molecule has 2 aromatic carbocycles. The van der Waals surface area contributed by atoms with Crippen molar-refractivity contribution in [3.8, 4) is 0 Å². The lowest BCUT2D eigenvalue weighted by Gasteiger charge is -2.29. The lowest BCUT2D eigenvalue weighted by Crippen LogP contribution is -2.35. The Morgan fingerprint density at radius 3 is 2.54 bits per heavy atom. The molecular formula is C20H17ClN4O. The number of hydrogen-bond acceptors (Lipinski definition) is 4. The number of carbonyl (C=O) groups is 1. The zero-order valence-electron chi connectivity index (χ0n) is 14.0. The summed E-state index contributed by atoms with van der Waals surface area (Å²) in [5, 5.41) is 3.75. The zero-order valence-corrected chi connectivity index (χ0v) is 14.8. The Labute approximate surface area is 156 Å². The maximum Gasteiger partial charge on any atom is 0.261 e. The maximum absolute atomic E-state index is 12.9. The molecule has 0 fully saturated rings. The van der Waals surface area contributed by atoms with E-state index in [0.29, 0.717) is 23.1 Å². The normalized spacial score (nSPS) is 13.2. The van der Waals surface area contributed by atoms with Crippen LogP contribution in [0.15, 0.2) is 60.9 Å². The minimum atomic E-state index is -0.0739. The number of para-hydroxylation sites is 1. The van der Waals surface area contributed by atoms with Gasteiger partial charge in [0.1, 0.15) is 0 Å². The fraction of sp³-hybridized carbons (Fsp3) is 0.150. The molecule has 0 bridgehead atoms. The number of rotatable bonds is 3. The van der Waals surface area contributed by atoms with Crippen LogP contribution in [0, 0.1) is 0 Å². The second kappa shape index (κ2) is 7.14. The van der Waals surface area contributed by atoms with Crippen molar-refractivity contribution >= 4 is 34.8 Å². The van der Waals surface area contributed by atoms with Crippen molar-refractivity contribution in [1.29, 1.82) is 0 Å². The van der Waals surface area contributed by atoms with Crippen molar-refractivity contribution in [2.24, 2.45) is 0 Å². The van der Waals surface area contributed by atoms with Gasteiger partial charge in [-0.1, -0.05) is 29.8 Å². The van der Waals surface area contributed by atoms with Gasteiger partial charge in [0.15, 0.2) is 0 Å².